The van der Waals surface area contributed by atoms with Crippen LogP contribution in [0.2, 0.25) is 0 Å². The molecule has 0 unspecified atom stereocenters. The summed E-state index contributed by atoms with van der Waals surface area (Å²) in [5.41, 5.74) is 2.58. The Bertz CT molecular complexity index is 713. The molecule has 1 aliphatic rings. The highest BCUT2D eigenvalue weighted by molar-refractivity contribution is 8.19. The summed E-state index contributed by atoms with van der Waals surface area (Å²) in [7, 11) is 3.15. The van der Waals surface area contributed by atoms with Crippen LogP contribution in [0.15, 0.2) is 42.5 Å². The van der Waals surface area contributed by atoms with Crippen LogP contribution >= 0.6 is 23.5 Å². The minimum Gasteiger partial charge on any atom is -0.493 e. The number of amides is 1. The van der Waals surface area contributed by atoms with E-state index in [4.69, 9.17) is 9.47 Å². The summed E-state index contributed by atoms with van der Waals surface area (Å²) in [5.74, 6) is 3.46. The topological polar surface area (TPSA) is 47.6 Å². The monoisotopic (exact) mass is 361 g/mol. The average Bonchev–Trinajstić information content (AvgIpc) is 3.16. The van der Waals surface area contributed by atoms with E-state index in [1.54, 1.807) is 32.4 Å². The van der Waals surface area contributed by atoms with E-state index in [1.165, 1.54) is 17.1 Å². The molecule has 2 aromatic rings. The molecular weight excluding hydrogens is 342 g/mol. The van der Waals surface area contributed by atoms with Crippen LogP contribution in [0.5, 0.6) is 11.5 Å². The van der Waals surface area contributed by atoms with E-state index in [0.717, 1.165) is 0 Å². The number of carbonyl (C=O) groups excluding carboxylic acids is 1. The quantitative estimate of drug-likeness (QED) is 0.853. The molecule has 24 heavy (non-hydrogen) atoms. The first-order chi connectivity index (χ1) is 11.7. The van der Waals surface area contributed by atoms with Crippen LogP contribution in [0.1, 0.15) is 20.5 Å². The lowest BCUT2D eigenvalue weighted by Gasteiger charge is -2.11. The lowest BCUT2D eigenvalue weighted by Crippen LogP contribution is -2.12. The fourth-order valence-electron chi connectivity index (χ4n) is 2.46. The maximum atomic E-state index is 12.4. The molecular formula is C18H19NO3S2. The van der Waals surface area contributed by atoms with Crippen molar-refractivity contribution in [2.45, 2.75) is 4.58 Å². The second-order valence-corrected chi connectivity index (χ2v) is 7.94. The number of hydrogen-bond donors (Lipinski definition) is 1. The van der Waals surface area contributed by atoms with Crippen molar-refractivity contribution >= 4 is 35.1 Å². The Morgan fingerprint density at radius 1 is 1.00 bits per heavy atom. The molecule has 0 radical (unpaired) electrons. The predicted octanol–water partition coefficient (Wildman–Crippen LogP) is 4.43. The van der Waals surface area contributed by atoms with Crippen LogP contribution in [-0.2, 0) is 0 Å². The van der Waals surface area contributed by atoms with Crippen molar-refractivity contribution in [1.29, 1.82) is 0 Å². The third-order valence-corrected chi connectivity index (χ3v) is 6.81. The maximum Gasteiger partial charge on any atom is 0.255 e. The Morgan fingerprint density at radius 3 is 2.29 bits per heavy atom. The molecule has 1 N–H and O–H groups in total. The number of methoxy groups -OCH3 is 2. The Morgan fingerprint density at radius 2 is 1.67 bits per heavy atom. The van der Waals surface area contributed by atoms with Crippen molar-refractivity contribution in [3.05, 3.63) is 53.6 Å². The number of rotatable bonds is 5. The zero-order valence-electron chi connectivity index (χ0n) is 13.6. The van der Waals surface area contributed by atoms with E-state index in [1.807, 2.05) is 47.8 Å². The van der Waals surface area contributed by atoms with Gasteiger partial charge >= 0.3 is 0 Å². The first kappa shape index (κ1) is 17.0. The lowest BCUT2D eigenvalue weighted by atomic mass is 10.1. The second kappa shape index (κ2) is 7.85. The van der Waals surface area contributed by atoms with Crippen LogP contribution in [-0.4, -0.2) is 31.6 Å². The highest BCUT2D eigenvalue weighted by Gasteiger charge is 2.18. The number of benzene rings is 2. The Balaban J connectivity index is 1.70. The zero-order valence-corrected chi connectivity index (χ0v) is 15.2. The molecule has 0 aromatic heterocycles. The van der Waals surface area contributed by atoms with Crippen molar-refractivity contribution in [1.82, 2.24) is 0 Å². The molecule has 1 amide bonds. The fraction of sp³-hybridized carbons (Fsp3) is 0.278. The van der Waals surface area contributed by atoms with Crippen LogP contribution < -0.4 is 14.8 Å². The minimum atomic E-state index is -0.138. The third kappa shape index (κ3) is 3.82. The van der Waals surface area contributed by atoms with Crippen molar-refractivity contribution in [2.24, 2.45) is 0 Å². The summed E-state index contributed by atoms with van der Waals surface area (Å²) in [4.78, 5) is 12.4. The maximum absolute atomic E-state index is 12.4. The molecule has 0 spiro atoms. The second-order valence-electron chi connectivity index (χ2n) is 5.22. The van der Waals surface area contributed by atoms with Gasteiger partial charge in [-0.25, -0.2) is 0 Å². The Kier molecular flexibility index (Phi) is 5.58. The van der Waals surface area contributed by atoms with E-state index < -0.39 is 0 Å². The molecule has 0 atom stereocenters. The van der Waals surface area contributed by atoms with Gasteiger partial charge in [-0.3, -0.25) is 4.79 Å². The summed E-state index contributed by atoms with van der Waals surface area (Å²) in [6.07, 6.45) is 0. The average molecular weight is 361 g/mol. The third-order valence-electron chi connectivity index (χ3n) is 3.71. The molecule has 0 aliphatic carbocycles. The summed E-state index contributed by atoms with van der Waals surface area (Å²) >= 11 is 3.91. The van der Waals surface area contributed by atoms with E-state index in [0.29, 0.717) is 27.3 Å². The van der Waals surface area contributed by atoms with Gasteiger partial charge in [-0.15, -0.1) is 23.5 Å². The van der Waals surface area contributed by atoms with Crippen LogP contribution in [0.3, 0.4) is 0 Å². The molecule has 1 fully saturated rings. The molecule has 6 heteroatoms. The molecule has 2 aromatic carbocycles. The van der Waals surface area contributed by atoms with Crippen molar-refractivity contribution < 1.29 is 14.3 Å². The van der Waals surface area contributed by atoms with Gasteiger partial charge < -0.3 is 14.8 Å². The molecule has 0 saturated carbocycles. The summed E-state index contributed by atoms with van der Waals surface area (Å²) in [5, 5.41) is 2.89. The number of thioether (sulfide) groups is 2. The van der Waals surface area contributed by atoms with E-state index in [2.05, 4.69) is 5.32 Å². The standard InChI is InChI=1S/C18H19NO3S2/c1-21-15-8-7-14(11-16(15)22-2)19-17(20)12-3-5-13(6-4-12)18-23-9-10-24-18/h3-8,11,18H,9-10H2,1-2H3,(H,19,20). The predicted molar refractivity (Wildman–Crippen MR) is 102 cm³/mol. The molecule has 3 rings (SSSR count). The molecule has 1 heterocycles. The fourth-order valence-corrected chi connectivity index (χ4v) is 5.32. The highest BCUT2D eigenvalue weighted by Crippen LogP contribution is 2.45. The molecule has 1 saturated heterocycles. The molecule has 4 nitrogen and oxygen atoms in total. The first-order valence-electron chi connectivity index (χ1n) is 7.58. The number of anilines is 1. The van der Waals surface area contributed by atoms with Crippen LogP contribution in [0.25, 0.3) is 0 Å². The normalized spacial score (nSPS) is 14.4. The van der Waals surface area contributed by atoms with Crippen molar-refractivity contribution in [3.63, 3.8) is 0 Å². The number of hydrogen-bond acceptors (Lipinski definition) is 5. The van der Waals surface area contributed by atoms with Gasteiger partial charge in [-0.2, -0.15) is 0 Å². The van der Waals surface area contributed by atoms with Gasteiger partial charge in [-0.1, -0.05) is 12.1 Å². The van der Waals surface area contributed by atoms with Crippen molar-refractivity contribution in [3.8, 4) is 11.5 Å². The van der Waals surface area contributed by atoms with Gasteiger partial charge in [0.1, 0.15) is 0 Å². The molecule has 1 aliphatic heterocycles. The van der Waals surface area contributed by atoms with Crippen molar-refractivity contribution in [2.75, 3.05) is 31.0 Å². The number of nitrogens with one attached hydrogen (secondary N) is 1. The van der Waals surface area contributed by atoms with Gasteiger partial charge in [0.2, 0.25) is 0 Å². The Labute approximate surface area is 150 Å². The van der Waals surface area contributed by atoms with E-state index in [9.17, 15) is 4.79 Å². The van der Waals surface area contributed by atoms with Gasteiger partial charge in [0.25, 0.3) is 5.91 Å². The van der Waals surface area contributed by atoms with E-state index in [-0.39, 0.29) is 5.91 Å². The van der Waals surface area contributed by atoms with Gasteiger partial charge in [0, 0.05) is 28.8 Å². The highest BCUT2D eigenvalue weighted by atomic mass is 32.2. The minimum absolute atomic E-state index is 0.138. The van der Waals surface area contributed by atoms with E-state index >= 15 is 0 Å². The largest absolute Gasteiger partial charge is 0.493 e. The summed E-state index contributed by atoms with van der Waals surface area (Å²) in [6, 6.07) is 13.1. The van der Waals surface area contributed by atoms with Gasteiger partial charge in [-0.05, 0) is 29.8 Å². The SMILES string of the molecule is COc1ccc(NC(=O)c2ccc(C3SCCS3)cc2)cc1OC. The summed E-state index contributed by atoms with van der Waals surface area (Å²) in [6.45, 7) is 0. The van der Waals surface area contributed by atoms with Crippen LogP contribution in [0.4, 0.5) is 5.69 Å². The first-order valence-corrected chi connectivity index (χ1v) is 9.67. The number of carbonyl (C=O) groups is 1. The smallest absolute Gasteiger partial charge is 0.255 e. The lowest BCUT2D eigenvalue weighted by molar-refractivity contribution is 0.102. The van der Waals surface area contributed by atoms with Gasteiger partial charge in [0.15, 0.2) is 11.5 Å². The number of ether oxygens (including phenoxy) is 2. The molecule has 0 bridgehead atoms. The molecule has 126 valence electrons. The Hall–Kier alpha value is -1.79. The van der Waals surface area contributed by atoms with Crippen LogP contribution in [0, 0.1) is 0 Å². The van der Waals surface area contributed by atoms with Gasteiger partial charge in [0.05, 0.1) is 18.8 Å². The zero-order chi connectivity index (χ0) is 16.9. The summed E-state index contributed by atoms with van der Waals surface area (Å²) < 4.78 is 11.0.